The molecule has 0 amide bonds. The summed E-state index contributed by atoms with van der Waals surface area (Å²) in [7, 11) is 1.70. The van der Waals surface area contributed by atoms with Crippen LogP contribution in [0.15, 0.2) is 24.3 Å². The molecular formula is C17H27NO2. The Morgan fingerprint density at radius 1 is 1.35 bits per heavy atom. The van der Waals surface area contributed by atoms with Gasteiger partial charge in [-0.05, 0) is 62.8 Å². The number of piperidine rings is 1. The molecule has 0 spiro atoms. The molecule has 2 atom stereocenters. The van der Waals surface area contributed by atoms with Crippen molar-refractivity contribution in [3.63, 3.8) is 0 Å². The molecule has 20 heavy (non-hydrogen) atoms. The molecule has 1 aromatic rings. The standard InChI is InChI=1S/C17H27NO2/c1-14(18-11-3-4-16(12-18)13-19)5-6-15-7-9-17(20-2)10-8-15/h7-10,14,16,19H,3-6,11-13H2,1-2H3. The summed E-state index contributed by atoms with van der Waals surface area (Å²) in [4.78, 5) is 2.54. The summed E-state index contributed by atoms with van der Waals surface area (Å²) in [6, 6.07) is 8.95. The highest BCUT2D eigenvalue weighted by Crippen LogP contribution is 2.20. The average molecular weight is 277 g/mol. The average Bonchev–Trinajstić information content (AvgIpc) is 2.53. The number of benzene rings is 1. The van der Waals surface area contributed by atoms with Gasteiger partial charge in [0.1, 0.15) is 5.75 Å². The van der Waals surface area contributed by atoms with E-state index < -0.39 is 0 Å². The van der Waals surface area contributed by atoms with Crippen molar-refractivity contribution in [1.29, 1.82) is 0 Å². The monoisotopic (exact) mass is 277 g/mol. The third kappa shape index (κ3) is 4.22. The summed E-state index contributed by atoms with van der Waals surface area (Å²) in [5.41, 5.74) is 1.37. The van der Waals surface area contributed by atoms with E-state index in [0.717, 1.165) is 18.7 Å². The van der Waals surface area contributed by atoms with Gasteiger partial charge in [-0.3, -0.25) is 0 Å². The Bertz CT molecular complexity index is 390. The second-order valence-electron chi connectivity index (χ2n) is 5.92. The number of aryl methyl sites for hydroxylation is 1. The second-order valence-corrected chi connectivity index (χ2v) is 5.92. The molecule has 0 radical (unpaired) electrons. The van der Waals surface area contributed by atoms with E-state index in [-0.39, 0.29) is 0 Å². The highest BCUT2D eigenvalue weighted by atomic mass is 16.5. The fourth-order valence-corrected chi connectivity index (χ4v) is 3.00. The number of ether oxygens (including phenoxy) is 1. The number of hydrogen-bond acceptors (Lipinski definition) is 3. The molecule has 1 fully saturated rings. The normalized spacial score (nSPS) is 21.6. The van der Waals surface area contributed by atoms with Crippen LogP contribution in [0.2, 0.25) is 0 Å². The first-order valence-corrected chi connectivity index (χ1v) is 7.70. The van der Waals surface area contributed by atoms with Gasteiger partial charge in [-0.25, -0.2) is 0 Å². The number of aliphatic hydroxyl groups excluding tert-OH is 1. The van der Waals surface area contributed by atoms with Crippen molar-refractivity contribution >= 4 is 0 Å². The lowest BCUT2D eigenvalue weighted by atomic mass is 9.96. The second kappa shape index (κ2) is 7.65. The first kappa shape index (κ1) is 15.3. The Balaban J connectivity index is 1.80. The largest absolute Gasteiger partial charge is 0.497 e. The Morgan fingerprint density at radius 3 is 2.75 bits per heavy atom. The van der Waals surface area contributed by atoms with E-state index >= 15 is 0 Å². The van der Waals surface area contributed by atoms with E-state index in [4.69, 9.17) is 4.74 Å². The number of nitrogens with zero attached hydrogens (tertiary/aromatic N) is 1. The van der Waals surface area contributed by atoms with Crippen molar-refractivity contribution in [2.24, 2.45) is 5.92 Å². The van der Waals surface area contributed by atoms with Crippen LogP contribution >= 0.6 is 0 Å². The molecule has 1 aromatic carbocycles. The molecule has 112 valence electrons. The molecule has 2 rings (SSSR count). The summed E-state index contributed by atoms with van der Waals surface area (Å²) >= 11 is 0. The molecule has 0 saturated carbocycles. The third-order valence-electron chi connectivity index (χ3n) is 4.44. The van der Waals surface area contributed by atoms with Crippen LogP contribution in [0.4, 0.5) is 0 Å². The van der Waals surface area contributed by atoms with Crippen molar-refractivity contribution in [2.45, 2.75) is 38.6 Å². The van der Waals surface area contributed by atoms with Crippen LogP contribution in [-0.2, 0) is 6.42 Å². The lowest BCUT2D eigenvalue weighted by Gasteiger charge is -2.36. The Morgan fingerprint density at radius 2 is 2.10 bits per heavy atom. The van der Waals surface area contributed by atoms with Crippen LogP contribution in [0.5, 0.6) is 5.75 Å². The summed E-state index contributed by atoms with van der Waals surface area (Å²) in [5, 5.41) is 9.31. The predicted octanol–water partition coefficient (Wildman–Crippen LogP) is 2.72. The Labute approximate surface area is 122 Å². The summed E-state index contributed by atoms with van der Waals surface area (Å²) < 4.78 is 5.18. The predicted molar refractivity (Wildman–Crippen MR) is 82.2 cm³/mol. The minimum Gasteiger partial charge on any atom is -0.497 e. The van der Waals surface area contributed by atoms with Crippen molar-refractivity contribution in [3.8, 4) is 5.75 Å². The number of hydrogen-bond donors (Lipinski definition) is 1. The summed E-state index contributed by atoms with van der Waals surface area (Å²) in [6.07, 6.45) is 4.67. The van der Waals surface area contributed by atoms with Gasteiger partial charge in [-0.15, -0.1) is 0 Å². The van der Waals surface area contributed by atoms with Gasteiger partial charge in [0.2, 0.25) is 0 Å². The minimum atomic E-state index is 0.335. The van der Waals surface area contributed by atoms with Gasteiger partial charge in [0.25, 0.3) is 0 Å². The molecule has 1 heterocycles. The molecule has 1 N–H and O–H groups in total. The van der Waals surface area contributed by atoms with Crippen molar-refractivity contribution in [2.75, 3.05) is 26.8 Å². The maximum Gasteiger partial charge on any atom is 0.118 e. The van der Waals surface area contributed by atoms with E-state index in [9.17, 15) is 5.11 Å². The van der Waals surface area contributed by atoms with Gasteiger partial charge in [0, 0.05) is 19.2 Å². The maximum absolute atomic E-state index is 9.31. The van der Waals surface area contributed by atoms with Crippen molar-refractivity contribution < 1.29 is 9.84 Å². The van der Waals surface area contributed by atoms with Gasteiger partial charge in [0.05, 0.1) is 7.11 Å². The number of likely N-dealkylation sites (tertiary alicyclic amines) is 1. The topological polar surface area (TPSA) is 32.7 Å². The van der Waals surface area contributed by atoms with Crippen LogP contribution in [-0.4, -0.2) is 42.9 Å². The fourth-order valence-electron chi connectivity index (χ4n) is 3.00. The summed E-state index contributed by atoms with van der Waals surface area (Å²) in [6.45, 7) is 4.88. The van der Waals surface area contributed by atoms with Crippen molar-refractivity contribution in [3.05, 3.63) is 29.8 Å². The molecule has 2 unspecified atom stereocenters. The van der Waals surface area contributed by atoms with Gasteiger partial charge in [-0.1, -0.05) is 12.1 Å². The quantitative estimate of drug-likeness (QED) is 0.868. The Kier molecular flexibility index (Phi) is 5.86. The Hall–Kier alpha value is -1.06. The molecule has 1 aliphatic rings. The van der Waals surface area contributed by atoms with E-state index in [1.165, 1.54) is 31.4 Å². The van der Waals surface area contributed by atoms with E-state index in [2.05, 4.69) is 24.0 Å². The van der Waals surface area contributed by atoms with Crippen LogP contribution in [0, 0.1) is 5.92 Å². The van der Waals surface area contributed by atoms with Crippen molar-refractivity contribution in [1.82, 2.24) is 4.90 Å². The zero-order valence-electron chi connectivity index (χ0n) is 12.7. The minimum absolute atomic E-state index is 0.335. The first-order chi connectivity index (χ1) is 9.72. The van der Waals surface area contributed by atoms with E-state index in [0.29, 0.717) is 18.6 Å². The maximum atomic E-state index is 9.31. The highest BCUT2D eigenvalue weighted by molar-refractivity contribution is 5.27. The highest BCUT2D eigenvalue weighted by Gasteiger charge is 2.22. The van der Waals surface area contributed by atoms with E-state index in [1.54, 1.807) is 7.11 Å². The van der Waals surface area contributed by atoms with Gasteiger partial charge in [-0.2, -0.15) is 0 Å². The molecular weight excluding hydrogens is 250 g/mol. The zero-order valence-corrected chi connectivity index (χ0v) is 12.7. The van der Waals surface area contributed by atoms with E-state index in [1.807, 2.05) is 12.1 Å². The third-order valence-corrected chi connectivity index (χ3v) is 4.44. The van der Waals surface area contributed by atoms with Crippen LogP contribution in [0.1, 0.15) is 31.7 Å². The van der Waals surface area contributed by atoms with Crippen LogP contribution < -0.4 is 4.74 Å². The molecule has 1 saturated heterocycles. The number of methoxy groups -OCH3 is 1. The van der Waals surface area contributed by atoms with Crippen LogP contribution in [0.3, 0.4) is 0 Å². The lowest BCUT2D eigenvalue weighted by Crippen LogP contribution is -2.42. The molecule has 0 aromatic heterocycles. The molecule has 3 heteroatoms. The number of rotatable bonds is 6. The first-order valence-electron chi connectivity index (χ1n) is 7.70. The SMILES string of the molecule is COc1ccc(CCC(C)N2CCCC(CO)C2)cc1. The van der Waals surface area contributed by atoms with Crippen LogP contribution in [0.25, 0.3) is 0 Å². The summed E-state index contributed by atoms with van der Waals surface area (Å²) in [5.74, 6) is 1.40. The van der Waals surface area contributed by atoms with Gasteiger partial charge >= 0.3 is 0 Å². The molecule has 0 bridgehead atoms. The smallest absolute Gasteiger partial charge is 0.118 e. The fraction of sp³-hybridized carbons (Fsp3) is 0.647. The van der Waals surface area contributed by atoms with Gasteiger partial charge in [0.15, 0.2) is 0 Å². The number of aliphatic hydroxyl groups is 1. The molecule has 3 nitrogen and oxygen atoms in total. The van der Waals surface area contributed by atoms with Gasteiger partial charge < -0.3 is 14.7 Å². The zero-order chi connectivity index (χ0) is 14.4. The molecule has 1 aliphatic heterocycles. The molecule has 0 aliphatic carbocycles. The lowest BCUT2D eigenvalue weighted by molar-refractivity contribution is 0.0906.